The van der Waals surface area contributed by atoms with Crippen molar-refractivity contribution < 1.29 is 4.74 Å². The summed E-state index contributed by atoms with van der Waals surface area (Å²) in [6.07, 6.45) is 4.41. The molecule has 3 heteroatoms. The summed E-state index contributed by atoms with van der Waals surface area (Å²) in [5.41, 5.74) is 1.20. The van der Waals surface area contributed by atoms with E-state index in [1.165, 1.54) is 18.5 Å². The van der Waals surface area contributed by atoms with Crippen LogP contribution in [0.25, 0.3) is 0 Å². The third-order valence-corrected chi connectivity index (χ3v) is 3.36. The maximum absolute atomic E-state index is 8.74. The van der Waals surface area contributed by atoms with E-state index in [1.54, 1.807) is 0 Å². The predicted molar refractivity (Wildman–Crippen MR) is 72.5 cm³/mol. The summed E-state index contributed by atoms with van der Waals surface area (Å²) in [4.78, 5) is 2.28. The Bertz CT molecular complexity index is 379. The van der Waals surface area contributed by atoms with Gasteiger partial charge in [0.15, 0.2) is 0 Å². The fraction of sp³-hybridized carbons (Fsp3) is 0.533. The van der Waals surface area contributed by atoms with Crippen molar-refractivity contribution in [2.75, 3.05) is 24.6 Å². The van der Waals surface area contributed by atoms with Gasteiger partial charge in [-0.25, -0.2) is 0 Å². The van der Waals surface area contributed by atoms with Crippen LogP contribution in [-0.2, 0) is 4.74 Å². The zero-order chi connectivity index (χ0) is 12.6. The van der Waals surface area contributed by atoms with Gasteiger partial charge in [-0.2, -0.15) is 5.26 Å². The fourth-order valence-corrected chi connectivity index (χ4v) is 2.37. The number of hydrogen-bond acceptors (Lipinski definition) is 3. The van der Waals surface area contributed by atoms with Crippen LogP contribution in [0.3, 0.4) is 0 Å². The van der Waals surface area contributed by atoms with Crippen molar-refractivity contribution in [2.24, 2.45) is 0 Å². The summed E-state index contributed by atoms with van der Waals surface area (Å²) in [6, 6.07) is 12.5. The van der Waals surface area contributed by atoms with Gasteiger partial charge in [0.2, 0.25) is 0 Å². The van der Waals surface area contributed by atoms with Crippen LogP contribution >= 0.6 is 0 Å². The topological polar surface area (TPSA) is 36.3 Å². The summed E-state index contributed by atoms with van der Waals surface area (Å²) in [6.45, 7) is 2.68. The van der Waals surface area contributed by atoms with Gasteiger partial charge in [0.25, 0.3) is 0 Å². The van der Waals surface area contributed by atoms with Crippen molar-refractivity contribution in [1.82, 2.24) is 0 Å². The van der Waals surface area contributed by atoms with E-state index in [-0.39, 0.29) is 0 Å². The summed E-state index contributed by atoms with van der Waals surface area (Å²) in [7, 11) is 0. The van der Waals surface area contributed by atoms with Gasteiger partial charge >= 0.3 is 0 Å². The van der Waals surface area contributed by atoms with Gasteiger partial charge in [0.1, 0.15) is 0 Å². The predicted octanol–water partition coefficient (Wildman–Crippen LogP) is 2.98. The summed E-state index contributed by atoms with van der Waals surface area (Å²) in [5, 5.41) is 8.74. The number of nitrogens with zero attached hydrogens (tertiary/aromatic N) is 2. The Morgan fingerprint density at radius 3 is 2.78 bits per heavy atom. The number of benzene rings is 1. The minimum atomic E-state index is 0.415. The van der Waals surface area contributed by atoms with E-state index in [9.17, 15) is 0 Å². The van der Waals surface area contributed by atoms with Crippen LogP contribution in [0.2, 0.25) is 0 Å². The highest BCUT2D eigenvalue weighted by Gasteiger charge is 2.16. The Hall–Kier alpha value is -1.53. The maximum Gasteiger partial charge on any atom is 0.0640 e. The molecule has 18 heavy (non-hydrogen) atoms. The first kappa shape index (κ1) is 12.9. The van der Waals surface area contributed by atoms with Gasteiger partial charge in [-0.05, 0) is 31.4 Å². The molecular weight excluding hydrogens is 224 g/mol. The van der Waals surface area contributed by atoms with Crippen molar-refractivity contribution in [3.05, 3.63) is 30.3 Å². The van der Waals surface area contributed by atoms with Crippen LogP contribution in [0.4, 0.5) is 5.69 Å². The van der Waals surface area contributed by atoms with E-state index >= 15 is 0 Å². The number of anilines is 1. The van der Waals surface area contributed by atoms with Gasteiger partial charge < -0.3 is 9.64 Å². The van der Waals surface area contributed by atoms with Crippen LogP contribution in [0.15, 0.2) is 30.3 Å². The Morgan fingerprint density at radius 1 is 1.28 bits per heavy atom. The number of para-hydroxylation sites is 1. The van der Waals surface area contributed by atoms with Crippen LogP contribution in [0, 0.1) is 11.3 Å². The lowest BCUT2D eigenvalue weighted by Crippen LogP contribution is -2.28. The fourth-order valence-electron chi connectivity index (χ4n) is 2.37. The highest BCUT2D eigenvalue weighted by Crippen LogP contribution is 2.19. The first-order valence-corrected chi connectivity index (χ1v) is 6.68. The molecule has 1 unspecified atom stereocenters. The number of nitriles is 1. The van der Waals surface area contributed by atoms with Crippen molar-refractivity contribution >= 4 is 5.69 Å². The average molecular weight is 244 g/mol. The normalized spacial score (nSPS) is 18.5. The van der Waals surface area contributed by atoms with Gasteiger partial charge in [-0.1, -0.05) is 18.2 Å². The molecule has 0 spiro atoms. The molecule has 1 aromatic rings. The molecule has 1 saturated heterocycles. The molecule has 0 saturated carbocycles. The minimum absolute atomic E-state index is 0.415. The van der Waals surface area contributed by atoms with E-state index in [0.29, 0.717) is 12.5 Å². The number of ether oxygens (including phenoxy) is 1. The molecule has 0 radical (unpaired) electrons. The minimum Gasteiger partial charge on any atom is -0.378 e. The monoisotopic (exact) mass is 244 g/mol. The van der Waals surface area contributed by atoms with E-state index in [2.05, 4.69) is 23.1 Å². The summed E-state index contributed by atoms with van der Waals surface area (Å²) >= 11 is 0. The zero-order valence-corrected chi connectivity index (χ0v) is 10.7. The van der Waals surface area contributed by atoms with E-state index in [1.807, 2.05) is 18.2 Å². The molecule has 1 aromatic carbocycles. The zero-order valence-electron chi connectivity index (χ0n) is 10.7. The molecule has 1 fully saturated rings. The van der Waals surface area contributed by atoms with Crippen LogP contribution in [0.1, 0.15) is 25.7 Å². The number of hydrogen-bond donors (Lipinski definition) is 0. The lowest BCUT2D eigenvalue weighted by atomic mass is 10.1. The van der Waals surface area contributed by atoms with Gasteiger partial charge in [-0.15, -0.1) is 0 Å². The third kappa shape index (κ3) is 3.75. The molecule has 1 aliphatic heterocycles. The average Bonchev–Trinajstić information content (AvgIpc) is 2.93. The second-order valence-electron chi connectivity index (χ2n) is 4.65. The second-order valence-corrected chi connectivity index (χ2v) is 4.65. The molecule has 0 N–H and O–H groups in total. The van der Waals surface area contributed by atoms with Gasteiger partial charge in [0, 0.05) is 25.4 Å². The third-order valence-electron chi connectivity index (χ3n) is 3.36. The van der Waals surface area contributed by atoms with Crippen molar-refractivity contribution in [3.63, 3.8) is 0 Å². The maximum atomic E-state index is 8.74. The molecular formula is C15H20N2O. The molecule has 0 bridgehead atoms. The first-order chi connectivity index (χ1) is 8.90. The van der Waals surface area contributed by atoms with Gasteiger partial charge in [-0.3, -0.25) is 0 Å². The van der Waals surface area contributed by atoms with Crippen LogP contribution in [-0.4, -0.2) is 25.8 Å². The molecule has 96 valence electrons. The molecule has 3 nitrogen and oxygen atoms in total. The summed E-state index contributed by atoms with van der Waals surface area (Å²) < 4.78 is 5.65. The van der Waals surface area contributed by atoms with E-state index in [0.717, 1.165) is 26.1 Å². The lowest BCUT2D eigenvalue weighted by Gasteiger charge is -2.25. The van der Waals surface area contributed by atoms with E-state index < -0.39 is 0 Å². The van der Waals surface area contributed by atoms with Crippen molar-refractivity contribution in [1.29, 1.82) is 5.26 Å². The van der Waals surface area contributed by atoms with Crippen LogP contribution < -0.4 is 4.90 Å². The van der Waals surface area contributed by atoms with Crippen LogP contribution in [0.5, 0.6) is 0 Å². The Kier molecular flexibility index (Phi) is 5.04. The second kappa shape index (κ2) is 7.03. The molecule has 0 amide bonds. The van der Waals surface area contributed by atoms with Gasteiger partial charge in [0.05, 0.1) is 18.6 Å². The quantitative estimate of drug-likeness (QED) is 0.772. The standard InChI is InChI=1S/C15H20N2O/c16-10-5-11-17(14-6-2-1-3-7-14)12-9-15-8-4-13-18-15/h1-3,6-7,15H,4-5,8-9,11-13H2. The Morgan fingerprint density at radius 2 is 2.11 bits per heavy atom. The molecule has 1 aliphatic rings. The Labute approximate surface area is 109 Å². The molecule has 0 aromatic heterocycles. The summed E-state index contributed by atoms with van der Waals surface area (Å²) in [5.74, 6) is 0. The molecule has 0 aliphatic carbocycles. The SMILES string of the molecule is N#CCCN(CCC1CCCO1)c1ccccc1. The Balaban J connectivity index is 1.90. The smallest absolute Gasteiger partial charge is 0.0640 e. The lowest BCUT2D eigenvalue weighted by molar-refractivity contribution is 0.106. The molecule has 1 heterocycles. The molecule has 2 rings (SSSR count). The first-order valence-electron chi connectivity index (χ1n) is 6.68. The largest absolute Gasteiger partial charge is 0.378 e. The van der Waals surface area contributed by atoms with Crippen molar-refractivity contribution in [2.45, 2.75) is 31.8 Å². The highest BCUT2D eigenvalue weighted by molar-refractivity contribution is 5.45. The molecule has 1 atom stereocenters. The highest BCUT2D eigenvalue weighted by atomic mass is 16.5. The number of rotatable bonds is 6. The van der Waals surface area contributed by atoms with E-state index in [4.69, 9.17) is 10.00 Å². The van der Waals surface area contributed by atoms with Crippen molar-refractivity contribution in [3.8, 4) is 6.07 Å².